The van der Waals surface area contributed by atoms with Gasteiger partial charge >= 0.3 is 0 Å². The summed E-state index contributed by atoms with van der Waals surface area (Å²) in [6, 6.07) is 0. The molecule has 1 rings (SSSR count). The Hall–Kier alpha value is -0.500. The number of morpholine rings is 1. The highest BCUT2D eigenvalue weighted by Crippen LogP contribution is 2.04. The minimum absolute atomic E-state index is 0. The smallest absolute Gasteiger partial charge is 0.232 e. The van der Waals surface area contributed by atoms with Gasteiger partial charge in [0.25, 0.3) is 0 Å². The predicted octanol–water partition coefficient (Wildman–Crippen LogP) is -0.274. The van der Waals surface area contributed by atoms with Gasteiger partial charge < -0.3 is 20.3 Å². The summed E-state index contributed by atoms with van der Waals surface area (Å²) in [4.78, 5) is 25.0. The zero-order chi connectivity index (χ0) is 13.9. The molecule has 0 unspecified atom stereocenters. The summed E-state index contributed by atoms with van der Waals surface area (Å²) in [5, 5.41) is 5.93. The highest BCUT2D eigenvalue weighted by molar-refractivity contribution is 8.00. The zero-order valence-electron chi connectivity index (χ0n) is 11.9. The van der Waals surface area contributed by atoms with Crippen LogP contribution in [0.2, 0.25) is 0 Å². The van der Waals surface area contributed by atoms with Crippen molar-refractivity contribution < 1.29 is 14.3 Å². The first-order valence-corrected chi connectivity index (χ1v) is 7.80. The molecule has 0 radical (unpaired) electrons. The van der Waals surface area contributed by atoms with Gasteiger partial charge in [0, 0.05) is 26.2 Å². The second kappa shape index (κ2) is 12.3. The third-order valence-corrected chi connectivity index (χ3v) is 3.61. The van der Waals surface area contributed by atoms with E-state index < -0.39 is 0 Å². The monoisotopic (exact) mass is 325 g/mol. The SMILES string of the molecule is CCNCCNC(=O)CSCC(=O)N1CCOCC1.Cl. The molecular formula is C12H24ClN3O3S. The molecule has 1 aliphatic rings. The Kier molecular flexibility index (Phi) is 12.0. The van der Waals surface area contributed by atoms with Gasteiger partial charge in [0.05, 0.1) is 24.7 Å². The molecule has 1 saturated heterocycles. The molecule has 0 bridgehead atoms. The van der Waals surface area contributed by atoms with Crippen LogP contribution in [0.25, 0.3) is 0 Å². The standard InChI is InChI=1S/C12H23N3O3S.ClH/c1-2-13-3-4-14-11(16)9-19-10-12(17)15-5-7-18-8-6-15;/h13H,2-10H2,1H3,(H,14,16);1H. The molecule has 2 amide bonds. The largest absolute Gasteiger partial charge is 0.378 e. The Morgan fingerprint density at radius 1 is 1.20 bits per heavy atom. The van der Waals surface area contributed by atoms with Crippen LogP contribution in [0.5, 0.6) is 0 Å². The van der Waals surface area contributed by atoms with Gasteiger partial charge in [-0.1, -0.05) is 6.92 Å². The number of likely N-dealkylation sites (N-methyl/N-ethyl adjacent to an activating group) is 1. The van der Waals surface area contributed by atoms with Crippen molar-refractivity contribution in [2.75, 3.05) is 57.4 Å². The van der Waals surface area contributed by atoms with Crippen LogP contribution in [0, 0.1) is 0 Å². The summed E-state index contributed by atoms with van der Waals surface area (Å²) >= 11 is 1.36. The van der Waals surface area contributed by atoms with Crippen molar-refractivity contribution in [2.24, 2.45) is 0 Å². The van der Waals surface area contributed by atoms with E-state index in [1.807, 2.05) is 6.92 Å². The summed E-state index contributed by atoms with van der Waals surface area (Å²) in [6.45, 7) is 6.88. The summed E-state index contributed by atoms with van der Waals surface area (Å²) in [6.07, 6.45) is 0. The van der Waals surface area contributed by atoms with Crippen molar-refractivity contribution in [3.05, 3.63) is 0 Å². The van der Waals surface area contributed by atoms with Gasteiger partial charge in [0.1, 0.15) is 0 Å². The van der Waals surface area contributed by atoms with E-state index in [9.17, 15) is 9.59 Å². The van der Waals surface area contributed by atoms with Crippen LogP contribution in [-0.2, 0) is 14.3 Å². The molecule has 1 aliphatic heterocycles. The Labute approximate surface area is 130 Å². The molecule has 0 aromatic heterocycles. The first kappa shape index (κ1) is 19.5. The molecule has 2 N–H and O–H groups in total. The number of ether oxygens (including phenoxy) is 1. The minimum Gasteiger partial charge on any atom is -0.378 e. The molecule has 1 fully saturated rings. The zero-order valence-corrected chi connectivity index (χ0v) is 13.5. The van der Waals surface area contributed by atoms with Crippen LogP contribution < -0.4 is 10.6 Å². The van der Waals surface area contributed by atoms with Crippen LogP contribution in [-0.4, -0.2) is 74.2 Å². The fourth-order valence-corrected chi connectivity index (χ4v) is 2.40. The minimum atomic E-state index is -0.0160. The highest BCUT2D eigenvalue weighted by atomic mass is 35.5. The molecule has 0 aromatic rings. The average molecular weight is 326 g/mol. The molecule has 6 nitrogen and oxygen atoms in total. The highest BCUT2D eigenvalue weighted by Gasteiger charge is 2.16. The van der Waals surface area contributed by atoms with Gasteiger partial charge in [-0.2, -0.15) is 0 Å². The molecule has 0 atom stereocenters. The van der Waals surface area contributed by atoms with Gasteiger partial charge in [-0.25, -0.2) is 0 Å². The van der Waals surface area contributed by atoms with E-state index in [1.165, 1.54) is 11.8 Å². The second-order valence-corrected chi connectivity index (χ2v) is 5.18. The van der Waals surface area contributed by atoms with Crippen molar-refractivity contribution >= 4 is 36.0 Å². The van der Waals surface area contributed by atoms with E-state index in [-0.39, 0.29) is 24.2 Å². The number of amides is 2. The van der Waals surface area contributed by atoms with Crippen LogP contribution >= 0.6 is 24.2 Å². The molecule has 1 heterocycles. The summed E-state index contributed by atoms with van der Waals surface area (Å²) in [5.74, 6) is 0.773. The van der Waals surface area contributed by atoms with Crippen LogP contribution in [0.4, 0.5) is 0 Å². The van der Waals surface area contributed by atoms with E-state index in [4.69, 9.17) is 4.74 Å². The number of carbonyl (C=O) groups excluding carboxylic acids is 2. The van der Waals surface area contributed by atoms with Gasteiger partial charge in [-0.15, -0.1) is 24.2 Å². The lowest BCUT2D eigenvalue weighted by atomic mass is 10.4. The van der Waals surface area contributed by atoms with Crippen molar-refractivity contribution in [1.29, 1.82) is 0 Å². The molecule has 8 heteroatoms. The van der Waals surface area contributed by atoms with E-state index >= 15 is 0 Å². The van der Waals surface area contributed by atoms with Gasteiger partial charge in [0.2, 0.25) is 11.8 Å². The number of thioether (sulfide) groups is 1. The number of hydrogen-bond acceptors (Lipinski definition) is 5. The van der Waals surface area contributed by atoms with Crippen molar-refractivity contribution in [3.63, 3.8) is 0 Å². The molecule has 0 aliphatic carbocycles. The Morgan fingerprint density at radius 2 is 1.90 bits per heavy atom. The number of carbonyl (C=O) groups is 2. The first-order chi connectivity index (χ1) is 9.24. The molecule has 0 saturated carbocycles. The summed E-state index contributed by atoms with van der Waals surface area (Å²) < 4.78 is 5.19. The summed E-state index contributed by atoms with van der Waals surface area (Å²) in [7, 11) is 0. The van der Waals surface area contributed by atoms with Crippen molar-refractivity contribution in [1.82, 2.24) is 15.5 Å². The number of nitrogens with zero attached hydrogens (tertiary/aromatic N) is 1. The molecule has 118 valence electrons. The van der Waals surface area contributed by atoms with Gasteiger partial charge in [0.15, 0.2) is 0 Å². The maximum absolute atomic E-state index is 11.8. The van der Waals surface area contributed by atoms with E-state index in [0.29, 0.717) is 44.4 Å². The third-order valence-electron chi connectivity index (χ3n) is 2.70. The van der Waals surface area contributed by atoms with Crippen LogP contribution in [0.15, 0.2) is 0 Å². The lowest BCUT2D eigenvalue weighted by Gasteiger charge is -2.26. The Bertz CT molecular complexity index is 289. The summed E-state index contributed by atoms with van der Waals surface area (Å²) in [5.41, 5.74) is 0. The van der Waals surface area contributed by atoms with E-state index in [0.717, 1.165) is 13.1 Å². The lowest BCUT2D eigenvalue weighted by Crippen LogP contribution is -2.41. The number of nitrogens with one attached hydrogen (secondary N) is 2. The number of halogens is 1. The normalized spacial score (nSPS) is 14.6. The molecule has 0 spiro atoms. The maximum Gasteiger partial charge on any atom is 0.232 e. The van der Waals surface area contributed by atoms with Crippen molar-refractivity contribution in [3.8, 4) is 0 Å². The van der Waals surface area contributed by atoms with Crippen molar-refractivity contribution in [2.45, 2.75) is 6.92 Å². The number of hydrogen-bond donors (Lipinski definition) is 2. The lowest BCUT2D eigenvalue weighted by molar-refractivity contribution is -0.132. The third kappa shape index (κ3) is 8.63. The Balaban J connectivity index is 0.00000361. The van der Waals surface area contributed by atoms with Gasteiger partial charge in [-0.05, 0) is 6.54 Å². The van der Waals surface area contributed by atoms with Crippen LogP contribution in [0.1, 0.15) is 6.92 Å². The Morgan fingerprint density at radius 3 is 2.55 bits per heavy atom. The fourth-order valence-electron chi connectivity index (χ4n) is 1.65. The van der Waals surface area contributed by atoms with E-state index in [1.54, 1.807) is 4.90 Å². The fraction of sp³-hybridized carbons (Fsp3) is 0.833. The number of rotatable bonds is 8. The van der Waals surface area contributed by atoms with Crippen LogP contribution in [0.3, 0.4) is 0 Å². The van der Waals surface area contributed by atoms with Gasteiger partial charge in [-0.3, -0.25) is 9.59 Å². The second-order valence-electron chi connectivity index (χ2n) is 4.19. The molecule has 20 heavy (non-hydrogen) atoms. The van der Waals surface area contributed by atoms with E-state index in [2.05, 4.69) is 10.6 Å². The topological polar surface area (TPSA) is 70.7 Å². The first-order valence-electron chi connectivity index (χ1n) is 6.64. The predicted molar refractivity (Wildman–Crippen MR) is 83.5 cm³/mol. The molecule has 0 aromatic carbocycles. The quantitative estimate of drug-likeness (QED) is 0.601. The molecular weight excluding hydrogens is 302 g/mol. The average Bonchev–Trinajstić information content (AvgIpc) is 2.44. The maximum atomic E-state index is 11.8.